The van der Waals surface area contributed by atoms with Gasteiger partial charge in [0.1, 0.15) is 5.82 Å². The molecular formula is C15H21FN2O. The first-order valence-electron chi connectivity index (χ1n) is 7.00. The number of halogens is 1. The molecule has 1 amide bonds. The summed E-state index contributed by atoms with van der Waals surface area (Å²) in [5, 5.41) is 2.71. The molecule has 1 aliphatic rings. The molecule has 0 saturated heterocycles. The standard InChI is InChI=1S/C15H21FN2O/c16-12-7-8-13(17)14(10-12)18-15(19)9-11-5-3-1-2-4-6-11/h7-8,10-11H,1-6,9,17H2,(H,18,19). The van der Waals surface area contributed by atoms with E-state index in [-0.39, 0.29) is 11.7 Å². The lowest BCUT2D eigenvalue weighted by molar-refractivity contribution is -0.117. The fourth-order valence-corrected chi connectivity index (χ4v) is 2.67. The summed E-state index contributed by atoms with van der Waals surface area (Å²) in [6.07, 6.45) is 7.71. The van der Waals surface area contributed by atoms with Gasteiger partial charge in [-0.15, -0.1) is 0 Å². The molecule has 0 aromatic heterocycles. The SMILES string of the molecule is Nc1ccc(F)cc1NC(=O)CC1CCCCCC1. The minimum atomic E-state index is -0.390. The summed E-state index contributed by atoms with van der Waals surface area (Å²) in [5.74, 6) is 0.000417. The molecular weight excluding hydrogens is 243 g/mol. The molecule has 3 N–H and O–H groups in total. The Balaban J connectivity index is 1.91. The van der Waals surface area contributed by atoms with Gasteiger partial charge >= 0.3 is 0 Å². The van der Waals surface area contributed by atoms with E-state index in [1.165, 1.54) is 43.9 Å². The molecule has 0 unspecified atom stereocenters. The second kappa shape index (κ2) is 6.55. The normalized spacial score (nSPS) is 16.9. The van der Waals surface area contributed by atoms with Crippen LogP contribution in [0.15, 0.2) is 18.2 Å². The minimum absolute atomic E-state index is 0.0656. The van der Waals surface area contributed by atoms with Crippen molar-refractivity contribution in [3.8, 4) is 0 Å². The van der Waals surface area contributed by atoms with Gasteiger partial charge in [-0.3, -0.25) is 4.79 Å². The van der Waals surface area contributed by atoms with E-state index in [0.717, 1.165) is 12.8 Å². The fourth-order valence-electron chi connectivity index (χ4n) is 2.67. The van der Waals surface area contributed by atoms with Crippen molar-refractivity contribution < 1.29 is 9.18 Å². The third-order valence-electron chi connectivity index (χ3n) is 3.74. The van der Waals surface area contributed by atoms with Crippen molar-refractivity contribution in [3.63, 3.8) is 0 Å². The predicted octanol–water partition coefficient (Wildman–Crippen LogP) is 3.71. The van der Waals surface area contributed by atoms with Crippen molar-refractivity contribution in [3.05, 3.63) is 24.0 Å². The summed E-state index contributed by atoms with van der Waals surface area (Å²) in [6, 6.07) is 4.02. The van der Waals surface area contributed by atoms with E-state index in [2.05, 4.69) is 5.32 Å². The molecule has 1 aromatic rings. The third kappa shape index (κ3) is 4.23. The van der Waals surface area contributed by atoms with Crippen LogP contribution in [0.5, 0.6) is 0 Å². The smallest absolute Gasteiger partial charge is 0.224 e. The number of hydrogen-bond donors (Lipinski definition) is 2. The molecule has 1 aliphatic carbocycles. The molecule has 104 valence electrons. The number of anilines is 2. The number of benzene rings is 1. The molecule has 0 aliphatic heterocycles. The largest absolute Gasteiger partial charge is 0.397 e. The van der Waals surface area contributed by atoms with E-state index in [1.54, 1.807) is 0 Å². The Hall–Kier alpha value is -1.58. The minimum Gasteiger partial charge on any atom is -0.397 e. The molecule has 3 nitrogen and oxygen atoms in total. The van der Waals surface area contributed by atoms with Crippen molar-refractivity contribution in [2.24, 2.45) is 5.92 Å². The highest BCUT2D eigenvalue weighted by Gasteiger charge is 2.16. The maximum atomic E-state index is 13.1. The summed E-state index contributed by atoms with van der Waals surface area (Å²) in [5.41, 5.74) is 6.49. The van der Waals surface area contributed by atoms with Gasteiger partial charge in [0.2, 0.25) is 5.91 Å². The summed E-state index contributed by atoms with van der Waals surface area (Å²) in [7, 11) is 0. The van der Waals surface area contributed by atoms with Gasteiger partial charge in [0.15, 0.2) is 0 Å². The monoisotopic (exact) mass is 264 g/mol. The van der Waals surface area contributed by atoms with Crippen molar-refractivity contribution in [1.82, 2.24) is 0 Å². The second-order valence-electron chi connectivity index (χ2n) is 5.34. The Kier molecular flexibility index (Phi) is 4.77. The zero-order chi connectivity index (χ0) is 13.7. The molecule has 0 bridgehead atoms. The van der Waals surface area contributed by atoms with Crippen molar-refractivity contribution >= 4 is 17.3 Å². The van der Waals surface area contributed by atoms with Gasteiger partial charge in [0.05, 0.1) is 11.4 Å². The van der Waals surface area contributed by atoms with Crippen LogP contribution in [0.1, 0.15) is 44.9 Å². The quantitative estimate of drug-likeness (QED) is 0.646. The summed E-state index contributed by atoms with van der Waals surface area (Å²) < 4.78 is 13.1. The molecule has 0 atom stereocenters. The van der Waals surface area contributed by atoms with E-state index < -0.39 is 0 Å². The predicted molar refractivity (Wildman–Crippen MR) is 75.3 cm³/mol. The van der Waals surface area contributed by atoms with Gasteiger partial charge in [-0.2, -0.15) is 0 Å². The van der Waals surface area contributed by atoms with Crippen LogP contribution >= 0.6 is 0 Å². The van der Waals surface area contributed by atoms with Crippen molar-refractivity contribution in [1.29, 1.82) is 0 Å². The molecule has 2 rings (SSSR count). The van der Waals surface area contributed by atoms with Crippen molar-refractivity contribution in [2.45, 2.75) is 44.9 Å². The fraction of sp³-hybridized carbons (Fsp3) is 0.533. The summed E-state index contributed by atoms with van der Waals surface area (Å²) in [6.45, 7) is 0. The van der Waals surface area contributed by atoms with E-state index >= 15 is 0 Å². The first kappa shape index (κ1) is 13.8. The molecule has 1 fully saturated rings. The maximum absolute atomic E-state index is 13.1. The van der Waals surface area contributed by atoms with E-state index in [0.29, 0.717) is 23.7 Å². The number of hydrogen-bond acceptors (Lipinski definition) is 2. The molecule has 0 heterocycles. The molecule has 1 aromatic carbocycles. The number of nitrogens with two attached hydrogens (primary N) is 1. The van der Waals surface area contributed by atoms with E-state index in [1.807, 2.05) is 0 Å². The average Bonchev–Trinajstić information content (AvgIpc) is 2.62. The van der Waals surface area contributed by atoms with E-state index in [9.17, 15) is 9.18 Å². The Labute approximate surface area is 113 Å². The number of carbonyl (C=O) groups is 1. The van der Waals surface area contributed by atoms with Gasteiger partial charge < -0.3 is 11.1 Å². The molecule has 0 spiro atoms. The number of amides is 1. The number of nitrogens with one attached hydrogen (secondary N) is 1. The number of rotatable bonds is 3. The first-order chi connectivity index (χ1) is 9.15. The van der Waals surface area contributed by atoms with Gasteiger partial charge in [-0.1, -0.05) is 25.7 Å². The van der Waals surface area contributed by atoms with Crippen LogP contribution in [0.25, 0.3) is 0 Å². The molecule has 1 saturated carbocycles. The van der Waals surface area contributed by atoms with Crippen molar-refractivity contribution in [2.75, 3.05) is 11.1 Å². The van der Waals surface area contributed by atoms with Gasteiger partial charge in [-0.25, -0.2) is 4.39 Å². The van der Waals surface area contributed by atoms with Crippen LogP contribution in [0, 0.1) is 11.7 Å². The Morgan fingerprint density at radius 3 is 2.63 bits per heavy atom. The van der Waals surface area contributed by atoms with Crippen LogP contribution in [0.2, 0.25) is 0 Å². The van der Waals surface area contributed by atoms with Gasteiger partial charge in [-0.05, 0) is 37.0 Å². The lowest BCUT2D eigenvalue weighted by Crippen LogP contribution is -2.17. The molecule has 19 heavy (non-hydrogen) atoms. The van der Waals surface area contributed by atoms with Crippen LogP contribution in [0.4, 0.5) is 15.8 Å². The highest BCUT2D eigenvalue weighted by atomic mass is 19.1. The Bertz CT molecular complexity index is 440. The van der Waals surface area contributed by atoms with Crippen LogP contribution in [-0.2, 0) is 4.79 Å². The molecule has 0 radical (unpaired) electrons. The highest BCUT2D eigenvalue weighted by molar-refractivity contribution is 5.93. The zero-order valence-electron chi connectivity index (χ0n) is 11.1. The maximum Gasteiger partial charge on any atom is 0.224 e. The van der Waals surface area contributed by atoms with Crippen LogP contribution in [0.3, 0.4) is 0 Å². The highest BCUT2D eigenvalue weighted by Crippen LogP contribution is 2.26. The number of carbonyl (C=O) groups excluding carboxylic acids is 1. The van der Waals surface area contributed by atoms with Gasteiger partial charge in [0.25, 0.3) is 0 Å². The summed E-state index contributed by atoms with van der Waals surface area (Å²) in [4.78, 5) is 12.0. The Morgan fingerprint density at radius 1 is 1.26 bits per heavy atom. The number of nitrogen functional groups attached to an aromatic ring is 1. The lowest BCUT2D eigenvalue weighted by atomic mass is 9.96. The van der Waals surface area contributed by atoms with Crippen LogP contribution in [-0.4, -0.2) is 5.91 Å². The Morgan fingerprint density at radius 2 is 1.95 bits per heavy atom. The topological polar surface area (TPSA) is 55.1 Å². The third-order valence-corrected chi connectivity index (χ3v) is 3.74. The lowest BCUT2D eigenvalue weighted by Gasteiger charge is -2.14. The van der Waals surface area contributed by atoms with Crippen LogP contribution < -0.4 is 11.1 Å². The second-order valence-corrected chi connectivity index (χ2v) is 5.34. The molecule has 4 heteroatoms. The van der Waals surface area contributed by atoms with E-state index in [4.69, 9.17) is 5.73 Å². The summed E-state index contributed by atoms with van der Waals surface area (Å²) >= 11 is 0. The van der Waals surface area contributed by atoms with Gasteiger partial charge in [0, 0.05) is 6.42 Å². The average molecular weight is 264 g/mol. The first-order valence-corrected chi connectivity index (χ1v) is 7.00. The zero-order valence-corrected chi connectivity index (χ0v) is 11.1.